The van der Waals surface area contributed by atoms with Crippen LogP contribution in [0.25, 0.3) is 0 Å². The molecule has 1 amide bonds. The van der Waals surface area contributed by atoms with Gasteiger partial charge in [0.15, 0.2) is 0 Å². The first-order valence-electron chi connectivity index (χ1n) is 5.60. The third-order valence-corrected chi connectivity index (χ3v) is 2.79. The molecule has 0 bridgehead atoms. The number of aryl methyl sites for hydroxylation is 1. The normalized spacial score (nSPS) is 19.9. The lowest BCUT2D eigenvalue weighted by Gasteiger charge is -2.10. The first-order chi connectivity index (χ1) is 7.75. The highest BCUT2D eigenvalue weighted by atomic mass is 16.5. The van der Waals surface area contributed by atoms with Crippen molar-refractivity contribution in [2.45, 2.75) is 25.4 Å². The molecule has 5 nitrogen and oxygen atoms in total. The average Bonchev–Trinajstić information content (AvgIpc) is 2.88. The Morgan fingerprint density at radius 1 is 1.75 bits per heavy atom. The molecular formula is C11H17N3O2. The van der Waals surface area contributed by atoms with Crippen LogP contribution < -0.4 is 5.32 Å². The summed E-state index contributed by atoms with van der Waals surface area (Å²) in [4.78, 5) is 15.7. The van der Waals surface area contributed by atoms with Crippen LogP contribution in [0.2, 0.25) is 0 Å². The van der Waals surface area contributed by atoms with Crippen LogP contribution in [-0.4, -0.2) is 34.7 Å². The molecule has 0 aliphatic carbocycles. The molecule has 0 aromatic carbocycles. The third kappa shape index (κ3) is 2.82. The maximum Gasteiger partial charge on any atom is 0.227 e. The molecule has 1 aromatic rings. The minimum absolute atomic E-state index is 0.00444. The highest BCUT2D eigenvalue weighted by Crippen LogP contribution is 2.10. The molecule has 1 aliphatic rings. The van der Waals surface area contributed by atoms with E-state index in [1.54, 1.807) is 6.20 Å². The molecule has 1 aromatic heterocycles. The van der Waals surface area contributed by atoms with Gasteiger partial charge in [-0.2, -0.15) is 0 Å². The number of rotatable bonds is 4. The molecule has 88 valence electrons. The molecule has 16 heavy (non-hydrogen) atoms. The molecule has 1 fully saturated rings. The molecule has 0 radical (unpaired) electrons. The van der Waals surface area contributed by atoms with E-state index in [2.05, 4.69) is 10.3 Å². The van der Waals surface area contributed by atoms with Gasteiger partial charge in [0.1, 0.15) is 5.82 Å². The number of ether oxygens (including phenoxy) is 1. The highest BCUT2D eigenvalue weighted by Gasteiger charge is 2.16. The fourth-order valence-corrected chi connectivity index (χ4v) is 1.81. The van der Waals surface area contributed by atoms with Crippen molar-refractivity contribution in [3.8, 4) is 0 Å². The second-order valence-corrected chi connectivity index (χ2v) is 4.07. The first-order valence-corrected chi connectivity index (χ1v) is 5.60. The minimum Gasteiger partial charge on any atom is -0.376 e. The number of nitrogens with zero attached hydrogens (tertiary/aromatic N) is 2. The van der Waals surface area contributed by atoms with E-state index in [4.69, 9.17) is 4.74 Å². The first kappa shape index (κ1) is 11.1. The van der Waals surface area contributed by atoms with Crippen molar-refractivity contribution in [2.75, 3.05) is 13.2 Å². The summed E-state index contributed by atoms with van der Waals surface area (Å²) in [6.07, 6.45) is 6.20. The lowest BCUT2D eigenvalue weighted by atomic mass is 10.2. The monoisotopic (exact) mass is 223 g/mol. The van der Waals surface area contributed by atoms with E-state index in [0.717, 1.165) is 25.3 Å². The van der Waals surface area contributed by atoms with Crippen LogP contribution in [-0.2, 0) is 23.0 Å². The molecule has 0 saturated carbocycles. The molecular weight excluding hydrogens is 206 g/mol. The molecule has 1 atom stereocenters. The maximum absolute atomic E-state index is 11.6. The Morgan fingerprint density at radius 2 is 2.62 bits per heavy atom. The number of amides is 1. The van der Waals surface area contributed by atoms with Gasteiger partial charge in [0.25, 0.3) is 0 Å². The van der Waals surface area contributed by atoms with Crippen LogP contribution in [0.1, 0.15) is 18.7 Å². The Labute approximate surface area is 94.8 Å². The van der Waals surface area contributed by atoms with Crippen LogP contribution >= 0.6 is 0 Å². The predicted octanol–water partition coefficient (Wildman–Crippen LogP) is 0.258. The second kappa shape index (κ2) is 5.12. The van der Waals surface area contributed by atoms with Crippen LogP contribution in [0.3, 0.4) is 0 Å². The standard InChI is InChI=1S/C11H17N3O2/c1-14-5-4-12-10(14)7-11(15)13-8-9-3-2-6-16-9/h4-5,9H,2-3,6-8H2,1H3,(H,13,15). The van der Waals surface area contributed by atoms with Crippen LogP contribution in [0.4, 0.5) is 0 Å². The molecule has 1 N–H and O–H groups in total. The van der Waals surface area contributed by atoms with Gasteiger partial charge in [-0.25, -0.2) is 4.98 Å². The van der Waals surface area contributed by atoms with Gasteiger partial charge in [0.05, 0.1) is 12.5 Å². The lowest BCUT2D eigenvalue weighted by Crippen LogP contribution is -2.33. The van der Waals surface area contributed by atoms with Gasteiger partial charge in [-0.05, 0) is 12.8 Å². The van der Waals surface area contributed by atoms with Gasteiger partial charge in [-0.1, -0.05) is 0 Å². The molecule has 1 aliphatic heterocycles. The quantitative estimate of drug-likeness (QED) is 0.796. The summed E-state index contributed by atoms with van der Waals surface area (Å²) >= 11 is 0. The summed E-state index contributed by atoms with van der Waals surface area (Å²) in [5, 5.41) is 2.87. The van der Waals surface area contributed by atoms with Crippen LogP contribution in [0.5, 0.6) is 0 Å². The van der Waals surface area contributed by atoms with Gasteiger partial charge in [-0.15, -0.1) is 0 Å². The van der Waals surface area contributed by atoms with Gasteiger partial charge in [0.2, 0.25) is 5.91 Å². The number of hydrogen-bond acceptors (Lipinski definition) is 3. The van der Waals surface area contributed by atoms with Gasteiger partial charge >= 0.3 is 0 Å². The Bertz CT molecular complexity index is 356. The van der Waals surface area contributed by atoms with E-state index < -0.39 is 0 Å². The van der Waals surface area contributed by atoms with E-state index in [9.17, 15) is 4.79 Å². The zero-order chi connectivity index (χ0) is 11.4. The second-order valence-electron chi connectivity index (χ2n) is 4.07. The summed E-state index contributed by atoms with van der Waals surface area (Å²) < 4.78 is 7.28. The van der Waals surface area contributed by atoms with Gasteiger partial charge in [-0.3, -0.25) is 4.79 Å². The average molecular weight is 223 g/mol. The largest absolute Gasteiger partial charge is 0.376 e. The number of hydrogen-bond donors (Lipinski definition) is 1. The molecule has 5 heteroatoms. The number of carbonyl (C=O) groups excluding carboxylic acids is 1. The molecule has 1 unspecified atom stereocenters. The summed E-state index contributed by atoms with van der Waals surface area (Å²) in [5.74, 6) is 0.787. The Hall–Kier alpha value is -1.36. The van der Waals surface area contributed by atoms with E-state index in [0.29, 0.717) is 13.0 Å². The number of imidazole rings is 1. The van der Waals surface area contributed by atoms with Crippen molar-refractivity contribution in [3.63, 3.8) is 0 Å². The minimum atomic E-state index is 0.00444. The van der Waals surface area contributed by atoms with Crippen molar-refractivity contribution in [1.29, 1.82) is 0 Å². The zero-order valence-corrected chi connectivity index (χ0v) is 9.48. The van der Waals surface area contributed by atoms with Crippen molar-refractivity contribution in [3.05, 3.63) is 18.2 Å². The zero-order valence-electron chi connectivity index (χ0n) is 9.48. The van der Waals surface area contributed by atoms with Gasteiger partial charge in [0, 0.05) is 32.6 Å². The Morgan fingerprint density at radius 3 is 3.25 bits per heavy atom. The number of aromatic nitrogens is 2. The van der Waals surface area contributed by atoms with Gasteiger partial charge < -0.3 is 14.6 Å². The summed E-state index contributed by atoms with van der Waals surface area (Å²) in [6, 6.07) is 0. The van der Waals surface area contributed by atoms with Crippen LogP contribution in [0.15, 0.2) is 12.4 Å². The molecule has 2 rings (SSSR count). The van der Waals surface area contributed by atoms with E-state index in [1.165, 1.54) is 0 Å². The van der Waals surface area contributed by atoms with E-state index in [1.807, 2.05) is 17.8 Å². The fourth-order valence-electron chi connectivity index (χ4n) is 1.81. The highest BCUT2D eigenvalue weighted by molar-refractivity contribution is 5.77. The van der Waals surface area contributed by atoms with E-state index in [-0.39, 0.29) is 12.0 Å². The lowest BCUT2D eigenvalue weighted by molar-refractivity contribution is -0.121. The van der Waals surface area contributed by atoms with E-state index >= 15 is 0 Å². The Balaban J connectivity index is 1.74. The molecule has 0 spiro atoms. The topological polar surface area (TPSA) is 56.2 Å². The SMILES string of the molecule is Cn1ccnc1CC(=O)NCC1CCCO1. The number of carbonyl (C=O) groups is 1. The fraction of sp³-hybridized carbons (Fsp3) is 0.636. The van der Waals surface area contributed by atoms with Crippen molar-refractivity contribution in [2.24, 2.45) is 7.05 Å². The van der Waals surface area contributed by atoms with Crippen LogP contribution in [0, 0.1) is 0 Å². The summed E-state index contributed by atoms with van der Waals surface area (Å²) in [5.41, 5.74) is 0. The summed E-state index contributed by atoms with van der Waals surface area (Å²) in [7, 11) is 1.88. The smallest absolute Gasteiger partial charge is 0.227 e. The maximum atomic E-state index is 11.6. The summed E-state index contributed by atoms with van der Waals surface area (Å²) in [6.45, 7) is 1.43. The van der Waals surface area contributed by atoms with Crippen molar-refractivity contribution < 1.29 is 9.53 Å². The molecule has 1 saturated heterocycles. The Kier molecular flexibility index (Phi) is 3.56. The van der Waals surface area contributed by atoms with Crippen molar-refractivity contribution in [1.82, 2.24) is 14.9 Å². The predicted molar refractivity (Wildman–Crippen MR) is 58.9 cm³/mol. The molecule has 2 heterocycles. The number of nitrogens with one attached hydrogen (secondary N) is 1. The van der Waals surface area contributed by atoms with Crippen molar-refractivity contribution >= 4 is 5.91 Å². The third-order valence-electron chi connectivity index (χ3n) is 2.79.